The third kappa shape index (κ3) is 1.64. The van der Waals surface area contributed by atoms with Crippen molar-refractivity contribution in [3.63, 3.8) is 0 Å². The maximum Gasteiger partial charge on any atom is 0.153 e. The van der Waals surface area contributed by atoms with Crippen LogP contribution in [-0.2, 0) is 11.6 Å². The van der Waals surface area contributed by atoms with Gasteiger partial charge in [-0.25, -0.2) is 0 Å². The molecule has 0 aliphatic carbocycles. The molecule has 0 atom stereocenters. The largest absolute Gasteiger partial charge is 0.318 e. The Balaban J connectivity index is 3.32. The zero-order valence-corrected chi connectivity index (χ0v) is 8.21. The lowest BCUT2D eigenvalue weighted by molar-refractivity contribution is 0.112. The maximum absolute atomic E-state index is 11.6. The fourth-order valence-electron chi connectivity index (χ4n) is 0.997. The van der Waals surface area contributed by atoms with Crippen LogP contribution in [0.15, 0.2) is 6.20 Å². The van der Waals surface area contributed by atoms with Crippen molar-refractivity contribution in [3.8, 4) is 0 Å². The normalized spacial score (nSPS) is 11.6. The van der Waals surface area contributed by atoms with Crippen LogP contribution >= 0.6 is 7.14 Å². The van der Waals surface area contributed by atoms with E-state index in [2.05, 4.69) is 5.10 Å². The molecule has 1 aromatic heterocycles. The summed E-state index contributed by atoms with van der Waals surface area (Å²) in [5.41, 5.74) is 0.839. The minimum atomic E-state index is -2.41. The molecule has 0 fully saturated rings. The number of hydrogen-bond donors (Lipinski definition) is 0. The number of carbonyl (C=O) groups excluding carboxylic acids is 1. The van der Waals surface area contributed by atoms with E-state index in [0.29, 0.717) is 17.3 Å². The molecule has 0 N–H and O–H groups in total. The number of rotatable bonds is 2. The molecule has 1 aromatic rings. The van der Waals surface area contributed by atoms with Gasteiger partial charge in [-0.2, -0.15) is 5.10 Å². The monoisotopic (exact) mass is 186 g/mol. The summed E-state index contributed by atoms with van der Waals surface area (Å²) in [6.45, 7) is 3.20. The van der Waals surface area contributed by atoms with Gasteiger partial charge in [0.05, 0.1) is 5.56 Å². The molecule has 1 heterocycles. The highest BCUT2D eigenvalue weighted by atomic mass is 31.2. The van der Waals surface area contributed by atoms with E-state index in [1.807, 2.05) is 0 Å². The smallest absolute Gasteiger partial charge is 0.153 e. The topological polar surface area (TPSA) is 52.0 Å². The van der Waals surface area contributed by atoms with Crippen molar-refractivity contribution in [1.29, 1.82) is 0 Å². The second kappa shape index (κ2) is 2.87. The number of aldehydes is 1. The van der Waals surface area contributed by atoms with Gasteiger partial charge in [0.2, 0.25) is 0 Å². The molecule has 0 radical (unpaired) electrons. The Morgan fingerprint density at radius 1 is 1.58 bits per heavy atom. The average Bonchev–Trinajstić information content (AvgIpc) is 2.29. The summed E-state index contributed by atoms with van der Waals surface area (Å²) >= 11 is 0. The van der Waals surface area contributed by atoms with E-state index in [-0.39, 0.29) is 0 Å². The van der Waals surface area contributed by atoms with Crippen LogP contribution in [0.5, 0.6) is 0 Å². The zero-order chi connectivity index (χ0) is 9.35. The highest BCUT2D eigenvalue weighted by molar-refractivity contribution is 7.70. The lowest BCUT2D eigenvalue weighted by Crippen LogP contribution is -2.10. The van der Waals surface area contributed by atoms with Gasteiger partial charge < -0.3 is 4.57 Å². The highest BCUT2D eigenvalue weighted by Crippen LogP contribution is 2.34. The number of aryl methyl sites for hydroxylation is 1. The van der Waals surface area contributed by atoms with Gasteiger partial charge in [-0.15, -0.1) is 0 Å². The first-order valence-electron chi connectivity index (χ1n) is 3.49. The van der Waals surface area contributed by atoms with Crippen LogP contribution < -0.4 is 5.44 Å². The third-order valence-electron chi connectivity index (χ3n) is 1.47. The lowest BCUT2D eigenvalue weighted by atomic mass is 10.4. The summed E-state index contributed by atoms with van der Waals surface area (Å²) < 4.78 is 13.1. The maximum atomic E-state index is 11.6. The van der Waals surface area contributed by atoms with E-state index < -0.39 is 7.14 Å². The summed E-state index contributed by atoms with van der Waals surface area (Å²) in [4.78, 5) is 10.5. The van der Waals surface area contributed by atoms with Crippen molar-refractivity contribution in [1.82, 2.24) is 9.78 Å². The molecular weight excluding hydrogens is 175 g/mol. The predicted octanol–water partition coefficient (Wildman–Crippen LogP) is 0.481. The molecule has 5 heteroatoms. The van der Waals surface area contributed by atoms with Crippen LogP contribution in [0.4, 0.5) is 0 Å². The Bertz CT molecular complexity index is 350. The van der Waals surface area contributed by atoms with Gasteiger partial charge in [0.1, 0.15) is 12.6 Å². The standard InChI is InChI=1S/C7H11N2O2P/c1-9-4-6(5-10)7(8-9)12(2,3)11/h4-5H,1-3H3. The molecule has 0 spiro atoms. The van der Waals surface area contributed by atoms with Crippen molar-refractivity contribution < 1.29 is 9.36 Å². The van der Waals surface area contributed by atoms with Crippen molar-refractivity contribution in [2.45, 2.75) is 0 Å². The fraction of sp³-hybridized carbons (Fsp3) is 0.429. The molecule has 0 aliphatic rings. The van der Waals surface area contributed by atoms with Crippen molar-refractivity contribution in [2.24, 2.45) is 7.05 Å². The first kappa shape index (κ1) is 9.20. The van der Waals surface area contributed by atoms with Crippen LogP contribution in [-0.4, -0.2) is 29.4 Å². The number of carbonyl (C=O) groups is 1. The van der Waals surface area contributed by atoms with Gasteiger partial charge in [-0.3, -0.25) is 9.48 Å². The minimum Gasteiger partial charge on any atom is -0.318 e. The van der Waals surface area contributed by atoms with Gasteiger partial charge in [0.25, 0.3) is 0 Å². The quantitative estimate of drug-likeness (QED) is 0.498. The molecule has 66 valence electrons. The molecule has 0 aromatic carbocycles. The molecule has 1 rings (SSSR count). The van der Waals surface area contributed by atoms with Crippen molar-refractivity contribution in [2.75, 3.05) is 13.3 Å². The first-order valence-corrected chi connectivity index (χ1v) is 6.09. The van der Waals surface area contributed by atoms with Gasteiger partial charge in [0.15, 0.2) is 6.29 Å². The fourth-order valence-corrected chi connectivity index (χ4v) is 2.09. The molecule has 0 bridgehead atoms. The number of aromatic nitrogens is 2. The van der Waals surface area contributed by atoms with Crippen LogP contribution in [0, 0.1) is 0 Å². The zero-order valence-electron chi connectivity index (χ0n) is 7.31. The molecule has 0 saturated carbocycles. The molecular formula is C7H11N2O2P. The summed E-state index contributed by atoms with van der Waals surface area (Å²) in [5.74, 6) is 0. The SMILES string of the molecule is Cn1cc(C=O)c(P(C)(C)=O)n1. The van der Waals surface area contributed by atoms with E-state index in [4.69, 9.17) is 0 Å². The second-order valence-corrected chi connectivity index (χ2v) is 6.18. The molecule has 0 aliphatic heterocycles. The van der Waals surface area contributed by atoms with Gasteiger partial charge in [0, 0.05) is 13.2 Å². The van der Waals surface area contributed by atoms with Gasteiger partial charge >= 0.3 is 0 Å². The summed E-state index contributed by atoms with van der Waals surface area (Å²) in [6.07, 6.45) is 2.25. The van der Waals surface area contributed by atoms with E-state index in [1.54, 1.807) is 26.6 Å². The van der Waals surface area contributed by atoms with E-state index in [1.165, 1.54) is 4.68 Å². The van der Waals surface area contributed by atoms with E-state index in [0.717, 1.165) is 0 Å². The molecule has 0 unspecified atom stereocenters. The Kier molecular flexibility index (Phi) is 2.20. The molecule has 12 heavy (non-hydrogen) atoms. The average molecular weight is 186 g/mol. The van der Waals surface area contributed by atoms with Crippen molar-refractivity contribution >= 4 is 18.9 Å². The Morgan fingerprint density at radius 2 is 2.17 bits per heavy atom. The van der Waals surface area contributed by atoms with Gasteiger partial charge in [-0.05, 0) is 13.3 Å². The summed E-state index contributed by atoms with van der Waals surface area (Å²) in [6, 6.07) is 0. The number of nitrogens with zero attached hydrogens (tertiary/aromatic N) is 2. The van der Waals surface area contributed by atoms with Crippen molar-refractivity contribution in [3.05, 3.63) is 11.8 Å². The summed E-state index contributed by atoms with van der Waals surface area (Å²) in [7, 11) is -0.714. The third-order valence-corrected chi connectivity index (χ3v) is 2.84. The van der Waals surface area contributed by atoms with Gasteiger partial charge in [-0.1, -0.05) is 0 Å². The van der Waals surface area contributed by atoms with E-state index >= 15 is 0 Å². The highest BCUT2D eigenvalue weighted by Gasteiger charge is 2.19. The molecule has 0 amide bonds. The Labute approximate surface area is 70.9 Å². The predicted molar refractivity (Wildman–Crippen MR) is 47.7 cm³/mol. The Morgan fingerprint density at radius 3 is 2.50 bits per heavy atom. The lowest BCUT2D eigenvalue weighted by Gasteiger charge is -2.01. The minimum absolute atomic E-state index is 0.417. The van der Waals surface area contributed by atoms with Crippen LogP contribution in [0.3, 0.4) is 0 Å². The van der Waals surface area contributed by atoms with Crippen LogP contribution in [0.25, 0.3) is 0 Å². The Hall–Kier alpha value is -0.890. The van der Waals surface area contributed by atoms with Crippen LogP contribution in [0.1, 0.15) is 10.4 Å². The number of hydrogen-bond acceptors (Lipinski definition) is 3. The summed E-state index contributed by atoms with van der Waals surface area (Å²) in [5, 5.41) is 3.98. The first-order chi connectivity index (χ1) is 5.45. The molecule has 4 nitrogen and oxygen atoms in total. The van der Waals surface area contributed by atoms with Crippen LogP contribution in [0.2, 0.25) is 0 Å². The molecule has 0 saturated heterocycles. The van der Waals surface area contributed by atoms with E-state index in [9.17, 15) is 9.36 Å². The second-order valence-electron chi connectivity index (χ2n) is 3.05.